The van der Waals surface area contributed by atoms with Crippen LogP contribution in [0, 0.1) is 0 Å². The van der Waals surface area contributed by atoms with Gasteiger partial charge in [-0.3, -0.25) is 0 Å². The molecule has 0 bridgehead atoms. The van der Waals surface area contributed by atoms with E-state index < -0.39 is 16.1 Å². The van der Waals surface area contributed by atoms with E-state index in [-0.39, 0.29) is 4.21 Å². The number of nitrogens with one attached hydrogen (secondary N) is 1. The molecule has 0 aliphatic heterocycles. The van der Waals surface area contributed by atoms with Crippen LogP contribution in [-0.2, 0) is 10.0 Å². The lowest BCUT2D eigenvalue weighted by Crippen LogP contribution is -2.25. The third-order valence-electron chi connectivity index (χ3n) is 3.02. The second-order valence-corrected chi connectivity index (χ2v) is 8.99. The first kappa shape index (κ1) is 14.8. The predicted molar refractivity (Wildman–Crippen MR) is 87.0 cm³/mol. The number of rotatable bonds is 4. The number of hydrogen-bond donors (Lipinski definition) is 1. The smallest absolute Gasteiger partial charge is 0.250 e. The first-order valence-electron chi connectivity index (χ1n) is 6.22. The van der Waals surface area contributed by atoms with Gasteiger partial charge in [-0.1, -0.05) is 18.2 Å². The van der Waals surface area contributed by atoms with Crippen molar-refractivity contribution in [2.24, 2.45) is 0 Å². The Labute approximate surface area is 135 Å². The van der Waals surface area contributed by atoms with Crippen molar-refractivity contribution < 1.29 is 12.8 Å². The third-order valence-corrected chi connectivity index (χ3v) is 6.67. The average Bonchev–Trinajstić information content (AvgIpc) is 3.04. The summed E-state index contributed by atoms with van der Waals surface area (Å²) in [7, 11) is -3.55. The number of fused-ring (bicyclic) bond motifs is 1. The van der Waals surface area contributed by atoms with E-state index in [1.54, 1.807) is 19.1 Å². The molecule has 2 heterocycles. The minimum atomic E-state index is -3.55. The molecule has 1 unspecified atom stereocenters. The lowest BCUT2D eigenvalue weighted by molar-refractivity contribution is 0.485. The van der Waals surface area contributed by atoms with Crippen molar-refractivity contribution in [2.45, 2.75) is 17.2 Å². The molecule has 0 saturated carbocycles. The Bertz CT molecular complexity index is 849. The molecule has 7 heteroatoms. The van der Waals surface area contributed by atoms with Crippen LogP contribution in [0.4, 0.5) is 0 Å². The van der Waals surface area contributed by atoms with Crippen molar-refractivity contribution in [3.8, 4) is 0 Å². The molecular formula is C14H12BrNO3S2. The zero-order valence-corrected chi connectivity index (χ0v) is 14.3. The zero-order chi connectivity index (χ0) is 15.0. The molecule has 3 rings (SSSR count). The standard InChI is InChI=1S/C14H12BrNO3S2/c1-9(12-8-10-4-2-3-5-11(10)19-12)16-21(17,18)14-7-6-13(15)20-14/h2-9,16H,1H3. The van der Waals surface area contributed by atoms with Crippen LogP contribution in [0.15, 0.2) is 54.9 Å². The Hall–Kier alpha value is -1.15. The van der Waals surface area contributed by atoms with Gasteiger partial charge in [-0.25, -0.2) is 13.1 Å². The molecule has 0 radical (unpaired) electrons. The lowest BCUT2D eigenvalue weighted by Gasteiger charge is -2.10. The molecule has 4 nitrogen and oxygen atoms in total. The maximum atomic E-state index is 12.3. The molecule has 0 aliphatic rings. The van der Waals surface area contributed by atoms with Gasteiger partial charge < -0.3 is 4.42 Å². The highest BCUT2D eigenvalue weighted by Crippen LogP contribution is 2.28. The van der Waals surface area contributed by atoms with Crippen molar-refractivity contribution in [3.05, 3.63) is 52.0 Å². The summed E-state index contributed by atoms with van der Waals surface area (Å²) in [4.78, 5) is 0. The molecule has 21 heavy (non-hydrogen) atoms. The van der Waals surface area contributed by atoms with Crippen molar-refractivity contribution in [1.29, 1.82) is 0 Å². The van der Waals surface area contributed by atoms with Crippen LogP contribution in [0.1, 0.15) is 18.7 Å². The molecule has 1 aromatic carbocycles. The van der Waals surface area contributed by atoms with E-state index in [9.17, 15) is 8.42 Å². The van der Waals surface area contributed by atoms with E-state index in [0.717, 1.165) is 14.8 Å². The molecule has 0 spiro atoms. The summed E-state index contributed by atoms with van der Waals surface area (Å²) in [6.07, 6.45) is 0. The molecule has 2 aromatic heterocycles. The summed E-state index contributed by atoms with van der Waals surface area (Å²) in [6.45, 7) is 1.76. The van der Waals surface area contributed by atoms with Gasteiger partial charge in [0.2, 0.25) is 0 Å². The highest BCUT2D eigenvalue weighted by Gasteiger charge is 2.22. The largest absolute Gasteiger partial charge is 0.459 e. The van der Waals surface area contributed by atoms with Crippen LogP contribution in [0.25, 0.3) is 11.0 Å². The van der Waals surface area contributed by atoms with Crippen molar-refractivity contribution in [1.82, 2.24) is 4.72 Å². The monoisotopic (exact) mass is 385 g/mol. The number of sulfonamides is 1. The first-order chi connectivity index (χ1) is 9.95. The van der Waals surface area contributed by atoms with Gasteiger partial charge in [0.25, 0.3) is 10.0 Å². The molecule has 110 valence electrons. The van der Waals surface area contributed by atoms with Gasteiger partial charge in [0, 0.05) is 5.39 Å². The lowest BCUT2D eigenvalue weighted by atomic mass is 10.2. The van der Waals surface area contributed by atoms with Crippen LogP contribution in [0.3, 0.4) is 0 Å². The minimum Gasteiger partial charge on any atom is -0.459 e. The van der Waals surface area contributed by atoms with Gasteiger partial charge in [0.15, 0.2) is 0 Å². The molecule has 0 saturated heterocycles. The van der Waals surface area contributed by atoms with E-state index in [1.807, 2.05) is 30.3 Å². The normalized spacial score (nSPS) is 13.6. The first-order valence-corrected chi connectivity index (χ1v) is 9.31. The van der Waals surface area contributed by atoms with Gasteiger partial charge in [0.1, 0.15) is 15.6 Å². The molecule has 3 aromatic rings. The summed E-state index contributed by atoms with van der Waals surface area (Å²) in [5, 5.41) is 0.956. The molecular weight excluding hydrogens is 374 g/mol. The van der Waals surface area contributed by atoms with Gasteiger partial charge in [-0.15, -0.1) is 11.3 Å². The minimum absolute atomic E-state index is 0.275. The Morgan fingerprint density at radius 2 is 2.00 bits per heavy atom. The fourth-order valence-corrected chi connectivity index (χ4v) is 5.25. The number of benzene rings is 1. The van der Waals surface area contributed by atoms with E-state index >= 15 is 0 Å². The van der Waals surface area contributed by atoms with E-state index in [0.29, 0.717) is 5.76 Å². The van der Waals surface area contributed by atoms with E-state index in [2.05, 4.69) is 20.7 Å². The van der Waals surface area contributed by atoms with Gasteiger partial charge >= 0.3 is 0 Å². The van der Waals surface area contributed by atoms with Crippen molar-refractivity contribution in [2.75, 3.05) is 0 Å². The molecule has 1 N–H and O–H groups in total. The molecule has 0 aliphatic carbocycles. The Morgan fingerprint density at radius 3 is 2.67 bits per heavy atom. The number of furan rings is 1. The zero-order valence-electron chi connectivity index (χ0n) is 11.0. The Kier molecular flexibility index (Phi) is 3.92. The fraction of sp³-hybridized carbons (Fsp3) is 0.143. The maximum absolute atomic E-state index is 12.3. The fourth-order valence-electron chi connectivity index (χ4n) is 2.01. The van der Waals surface area contributed by atoms with Gasteiger partial charge in [0.05, 0.1) is 9.83 Å². The second-order valence-electron chi connectivity index (χ2n) is 4.59. The topological polar surface area (TPSA) is 59.3 Å². The maximum Gasteiger partial charge on any atom is 0.250 e. The SMILES string of the molecule is CC(NS(=O)(=O)c1ccc(Br)s1)c1cc2ccccc2o1. The molecule has 0 amide bonds. The van der Waals surface area contributed by atoms with Gasteiger partial charge in [-0.2, -0.15) is 0 Å². The van der Waals surface area contributed by atoms with E-state index in [1.165, 1.54) is 11.3 Å². The number of halogens is 1. The van der Waals surface area contributed by atoms with Crippen LogP contribution >= 0.6 is 27.3 Å². The quantitative estimate of drug-likeness (QED) is 0.728. The van der Waals surface area contributed by atoms with Gasteiger partial charge in [-0.05, 0) is 47.1 Å². The second kappa shape index (κ2) is 5.57. The van der Waals surface area contributed by atoms with Crippen LogP contribution in [-0.4, -0.2) is 8.42 Å². The van der Waals surface area contributed by atoms with Crippen molar-refractivity contribution >= 4 is 48.3 Å². The predicted octanol–water partition coefficient (Wildman–Crippen LogP) is 4.30. The summed E-state index contributed by atoms with van der Waals surface area (Å²) < 4.78 is 33.9. The third kappa shape index (κ3) is 3.06. The molecule has 1 atom stereocenters. The summed E-state index contributed by atoms with van der Waals surface area (Å²) in [6, 6.07) is 12.3. The van der Waals surface area contributed by atoms with Crippen LogP contribution in [0.5, 0.6) is 0 Å². The highest BCUT2D eigenvalue weighted by atomic mass is 79.9. The Balaban J connectivity index is 1.87. The van der Waals surface area contributed by atoms with Crippen LogP contribution in [0.2, 0.25) is 0 Å². The highest BCUT2D eigenvalue weighted by molar-refractivity contribution is 9.11. The number of thiophene rings is 1. The van der Waals surface area contributed by atoms with Crippen LogP contribution < -0.4 is 4.72 Å². The summed E-state index contributed by atoms with van der Waals surface area (Å²) in [5.41, 5.74) is 0.748. The van der Waals surface area contributed by atoms with E-state index in [4.69, 9.17) is 4.42 Å². The number of hydrogen-bond acceptors (Lipinski definition) is 4. The summed E-state index contributed by atoms with van der Waals surface area (Å²) >= 11 is 4.44. The molecule has 0 fully saturated rings. The summed E-state index contributed by atoms with van der Waals surface area (Å²) in [5.74, 6) is 0.593. The average molecular weight is 386 g/mol. The Morgan fingerprint density at radius 1 is 1.24 bits per heavy atom. The number of para-hydroxylation sites is 1. The van der Waals surface area contributed by atoms with Crippen molar-refractivity contribution in [3.63, 3.8) is 0 Å².